The van der Waals surface area contributed by atoms with Crippen LogP contribution in [0.25, 0.3) is 0 Å². The monoisotopic (exact) mass is 304 g/mol. The minimum absolute atomic E-state index is 0.0895. The van der Waals surface area contributed by atoms with E-state index in [0.717, 1.165) is 37.0 Å². The van der Waals surface area contributed by atoms with E-state index in [4.69, 9.17) is 0 Å². The molecule has 4 aliphatic rings. The van der Waals surface area contributed by atoms with Crippen molar-refractivity contribution in [1.29, 1.82) is 0 Å². The summed E-state index contributed by atoms with van der Waals surface area (Å²) in [6, 6.07) is 0. The maximum Gasteiger partial charge on any atom is 0.0584 e. The summed E-state index contributed by atoms with van der Waals surface area (Å²) in [4.78, 5) is 0. The highest BCUT2D eigenvalue weighted by Crippen LogP contribution is 2.66. The van der Waals surface area contributed by atoms with Crippen molar-refractivity contribution in [2.24, 2.45) is 34.5 Å². The Kier molecular flexibility index (Phi) is 3.51. The lowest BCUT2D eigenvalue weighted by atomic mass is 9.46. The highest BCUT2D eigenvalue weighted by molar-refractivity contribution is 5.26. The van der Waals surface area contributed by atoms with E-state index >= 15 is 0 Å². The third-order valence-corrected chi connectivity index (χ3v) is 8.53. The lowest BCUT2D eigenvalue weighted by Crippen LogP contribution is -2.53. The zero-order chi connectivity index (χ0) is 15.5. The first-order chi connectivity index (χ1) is 10.5. The molecule has 2 N–H and O–H groups in total. The van der Waals surface area contributed by atoms with E-state index in [2.05, 4.69) is 19.9 Å². The van der Waals surface area contributed by atoms with Gasteiger partial charge >= 0.3 is 0 Å². The first kappa shape index (κ1) is 15.2. The van der Waals surface area contributed by atoms with Crippen molar-refractivity contribution >= 4 is 0 Å². The Morgan fingerprint density at radius 2 is 2.00 bits per heavy atom. The molecule has 0 spiro atoms. The third kappa shape index (κ3) is 1.86. The summed E-state index contributed by atoms with van der Waals surface area (Å²) in [5.74, 6) is 3.09. The Morgan fingerprint density at radius 3 is 2.77 bits per heavy atom. The highest BCUT2D eigenvalue weighted by atomic mass is 16.3. The van der Waals surface area contributed by atoms with Crippen molar-refractivity contribution in [2.45, 2.75) is 71.3 Å². The van der Waals surface area contributed by atoms with Crippen LogP contribution in [0.15, 0.2) is 11.6 Å². The van der Waals surface area contributed by atoms with E-state index in [0.29, 0.717) is 11.3 Å². The van der Waals surface area contributed by atoms with Crippen molar-refractivity contribution in [2.75, 3.05) is 6.61 Å². The van der Waals surface area contributed by atoms with Gasteiger partial charge in [0, 0.05) is 5.41 Å². The van der Waals surface area contributed by atoms with E-state index in [1.54, 1.807) is 0 Å². The SMILES string of the molecule is CC1CC[C@H]2[C@@H]3CCC4=CCC(O)C[C@]4(CO)[C@@H]3CC[C@]12C. The third-order valence-electron chi connectivity index (χ3n) is 8.53. The number of hydrogen-bond acceptors (Lipinski definition) is 2. The van der Waals surface area contributed by atoms with Crippen molar-refractivity contribution in [3.63, 3.8) is 0 Å². The largest absolute Gasteiger partial charge is 0.395 e. The Hall–Kier alpha value is -0.340. The smallest absolute Gasteiger partial charge is 0.0584 e. The maximum absolute atomic E-state index is 10.3. The van der Waals surface area contributed by atoms with Gasteiger partial charge in [0.1, 0.15) is 0 Å². The molecule has 0 aliphatic heterocycles. The first-order valence-electron chi connectivity index (χ1n) is 9.50. The van der Waals surface area contributed by atoms with Gasteiger partial charge in [-0.3, -0.25) is 0 Å². The fourth-order valence-corrected chi connectivity index (χ4v) is 7.10. The molecule has 2 heteroatoms. The van der Waals surface area contributed by atoms with Crippen molar-refractivity contribution < 1.29 is 10.2 Å². The van der Waals surface area contributed by atoms with Gasteiger partial charge in [0.25, 0.3) is 0 Å². The second kappa shape index (κ2) is 5.08. The topological polar surface area (TPSA) is 40.5 Å². The molecular weight excluding hydrogens is 272 g/mol. The lowest BCUT2D eigenvalue weighted by Gasteiger charge is -2.59. The molecule has 7 atom stereocenters. The standard InChI is InChI=1S/C20H32O2/c1-13-3-8-17-16-7-5-14-4-6-15(22)11-20(14,12-21)18(16)9-10-19(13,17)2/h4,13,15-18,21-22H,3,5-12H2,1-2H3/t13?,15?,16-,17-,18+,19+,20+/m0/s1. The van der Waals surface area contributed by atoms with E-state index in [-0.39, 0.29) is 18.1 Å². The molecule has 0 aromatic carbocycles. The predicted octanol–water partition coefficient (Wildman–Crippen LogP) is 3.92. The first-order valence-corrected chi connectivity index (χ1v) is 9.50. The van der Waals surface area contributed by atoms with Crippen molar-refractivity contribution in [3.05, 3.63) is 11.6 Å². The minimum Gasteiger partial charge on any atom is -0.395 e. The molecule has 4 aliphatic carbocycles. The summed E-state index contributed by atoms with van der Waals surface area (Å²) < 4.78 is 0. The molecule has 2 unspecified atom stereocenters. The highest BCUT2D eigenvalue weighted by Gasteiger charge is 2.59. The van der Waals surface area contributed by atoms with Crippen LogP contribution < -0.4 is 0 Å². The Balaban J connectivity index is 1.70. The van der Waals surface area contributed by atoms with Crippen LogP contribution in [0.4, 0.5) is 0 Å². The quantitative estimate of drug-likeness (QED) is 0.721. The predicted molar refractivity (Wildman–Crippen MR) is 88.3 cm³/mol. The molecule has 124 valence electrons. The van der Waals surface area contributed by atoms with E-state index in [1.807, 2.05) is 0 Å². The number of aliphatic hydroxyl groups excluding tert-OH is 2. The van der Waals surface area contributed by atoms with Crippen LogP contribution >= 0.6 is 0 Å². The Morgan fingerprint density at radius 1 is 1.18 bits per heavy atom. The van der Waals surface area contributed by atoms with Gasteiger partial charge < -0.3 is 10.2 Å². The number of rotatable bonds is 1. The summed E-state index contributed by atoms with van der Waals surface area (Å²) in [7, 11) is 0. The zero-order valence-corrected chi connectivity index (χ0v) is 14.2. The van der Waals surface area contributed by atoms with Gasteiger partial charge in [0.05, 0.1) is 12.7 Å². The van der Waals surface area contributed by atoms with Gasteiger partial charge in [-0.25, -0.2) is 0 Å². The average molecular weight is 304 g/mol. The second-order valence-electron chi connectivity index (χ2n) is 9.08. The zero-order valence-electron chi connectivity index (χ0n) is 14.2. The van der Waals surface area contributed by atoms with Crippen LogP contribution in [0.5, 0.6) is 0 Å². The second-order valence-corrected chi connectivity index (χ2v) is 9.08. The summed E-state index contributed by atoms with van der Waals surface area (Å²) in [5, 5.41) is 20.6. The van der Waals surface area contributed by atoms with Crippen molar-refractivity contribution in [1.82, 2.24) is 0 Å². The average Bonchev–Trinajstić information content (AvgIpc) is 2.82. The van der Waals surface area contributed by atoms with E-state index < -0.39 is 0 Å². The van der Waals surface area contributed by atoms with Crippen molar-refractivity contribution in [3.8, 4) is 0 Å². The molecule has 4 rings (SSSR count). The fraction of sp³-hybridized carbons (Fsp3) is 0.900. The van der Waals surface area contributed by atoms with Gasteiger partial charge in [0.2, 0.25) is 0 Å². The van der Waals surface area contributed by atoms with Gasteiger partial charge in [-0.1, -0.05) is 25.5 Å². The maximum atomic E-state index is 10.3. The summed E-state index contributed by atoms with van der Waals surface area (Å²) in [5.41, 5.74) is 1.93. The fourth-order valence-electron chi connectivity index (χ4n) is 7.10. The molecule has 0 amide bonds. The molecule has 3 saturated carbocycles. The van der Waals surface area contributed by atoms with E-state index in [9.17, 15) is 10.2 Å². The van der Waals surface area contributed by atoms with Gasteiger partial charge in [-0.2, -0.15) is 0 Å². The Bertz CT molecular complexity index is 484. The molecule has 0 saturated heterocycles. The van der Waals surface area contributed by atoms with E-state index in [1.165, 1.54) is 37.7 Å². The van der Waals surface area contributed by atoms with Crippen LogP contribution in [0.3, 0.4) is 0 Å². The van der Waals surface area contributed by atoms with Crippen LogP contribution in [0.1, 0.15) is 65.2 Å². The number of fused-ring (bicyclic) bond motifs is 5. The molecule has 0 aromatic rings. The number of aliphatic hydroxyl groups is 2. The summed E-state index contributed by atoms with van der Waals surface area (Å²) >= 11 is 0. The minimum atomic E-state index is -0.245. The van der Waals surface area contributed by atoms with Gasteiger partial charge in [0.15, 0.2) is 0 Å². The summed E-state index contributed by atoms with van der Waals surface area (Å²) in [6.45, 7) is 5.24. The lowest BCUT2D eigenvalue weighted by molar-refractivity contribution is -0.0864. The normalized spacial score (nSPS) is 54.2. The molecule has 0 heterocycles. The molecule has 3 fully saturated rings. The summed E-state index contributed by atoms with van der Waals surface area (Å²) in [6.07, 6.45) is 11.5. The van der Waals surface area contributed by atoms with Gasteiger partial charge in [-0.05, 0) is 80.5 Å². The molecule has 0 aromatic heterocycles. The van der Waals surface area contributed by atoms with Crippen LogP contribution in [0, 0.1) is 34.5 Å². The molecule has 2 nitrogen and oxygen atoms in total. The van der Waals surface area contributed by atoms with Crippen LogP contribution in [-0.2, 0) is 0 Å². The molecular formula is C20H32O2. The molecule has 0 bridgehead atoms. The van der Waals surface area contributed by atoms with Gasteiger partial charge in [-0.15, -0.1) is 0 Å². The van der Waals surface area contributed by atoms with Crippen LogP contribution in [0.2, 0.25) is 0 Å². The number of hydrogen-bond donors (Lipinski definition) is 2. The Labute approximate surface area is 135 Å². The molecule has 22 heavy (non-hydrogen) atoms. The molecule has 0 radical (unpaired) electrons. The van der Waals surface area contributed by atoms with Crippen LogP contribution in [-0.4, -0.2) is 22.9 Å².